The van der Waals surface area contributed by atoms with Crippen LogP contribution in [0.4, 0.5) is 18.0 Å². The van der Waals surface area contributed by atoms with Gasteiger partial charge in [0.2, 0.25) is 5.91 Å². The van der Waals surface area contributed by atoms with Gasteiger partial charge in [0.25, 0.3) is 0 Å². The van der Waals surface area contributed by atoms with E-state index in [1.54, 1.807) is 30.2 Å². The summed E-state index contributed by atoms with van der Waals surface area (Å²) in [6.07, 6.45) is 0.694. The number of nitrogens with zero attached hydrogens (tertiary/aromatic N) is 3. The Labute approximate surface area is 222 Å². The van der Waals surface area contributed by atoms with Crippen molar-refractivity contribution < 1.29 is 22.8 Å². The monoisotopic (exact) mass is 525 g/mol. The van der Waals surface area contributed by atoms with Gasteiger partial charge in [0.15, 0.2) is 0 Å². The lowest BCUT2D eigenvalue weighted by molar-refractivity contribution is -0.139. The number of hydrogen-bond donors (Lipinski definition) is 0. The molecule has 0 N–H and O–H groups in total. The molecule has 2 saturated heterocycles. The number of rotatable bonds is 7. The molecule has 2 heterocycles. The summed E-state index contributed by atoms with van der Waals surface area (Å²) in [5.41, 5.74) is 0.984. The third kappa shape index (κ3) is 5.08. The summed E-state index contributed by atoms with van der Waals surface area (Å²) >= 11 is 0. The van der Waals surface area contributed by atoms with Gasteiger partial charge in [-0.15, -0.1) is 13.2 Å². The lowest BCUT2D eigenvalue weighted by Crippen LogP contribution is -2.57. The Morgan fingerprint density at radius 2 is 1.79 bits per heavy atom. The topological polar surface area (TPSA) is 43.9 Å². The zero-order valence-corrected chi connectivity index (χ0v) is 21.9. The molecule has 2 aliphatic heterocycles. The molecule has 38 heavy (non-hydrogen) atoms. The van der Waals surface area contributed by atoms with E-state index in [1.807, 2.05) is 36.1 Å². The molecule has 0 spiro atoms. The van der Waals surface area contributed by atoms with Gasteiger partial charge < -0.3 is 14.7 Å². The first kappa shape index (κ1) is 27.5. The van der Waals surface area contributed by atoms with Crippen molar-refractivity contribution in [3.05, 3.63) is 96.1 Å². The molecule has 0 saturated carbocycles. The molecule has 5 nitrogen and oxygen atoms in total. The minimum atomic E-state index is -4.46. The Morgan fingerprint density at radius 1 is 1.11 bits per heavy atom. The summed E-state index contributed by atoms with van der Waals surface area (Å²) in [7, 11) is 1.60. The number of hydrogen-bond acceptors (Lipinski definition) is 2. The minimum Gasteiger partial charge on any atom is -0.335 e. The Hall–Kier alpha value is -3.55. The molecule has 4 rings (SSSR count). The summed E-state index contributed by atoms with van der Waals surface area (Å²) in [4.78, 5) is 32.7. The van der Waals surface area contributed by atoms with Gasteiger partial charge in [-0.3, -0.25) is 4.79 Å². The van der Waals surface area contributed by atoms with Gasteiger partial charge in [-0.2, -0.15) is 13.2 Å². The molecule has 0 radical (unpaired) electrons. The number of aryl methyl sites for hydroxylation is 1. The van der Waals surface area contributed by atoms with Crippen molar-refractivity contribution in [2.75, 3.05) is 20.1 Å². The smallest absolute Gasteiger partial charge is 0.335 e. The maximum Gasteiger partial charge on any atom is 0.416 e. The average Bonchev–Trinajstić information content (AvgIpc) is 3.15. The maximum atomic E-state index is 13.9. The Morgan fingerprint density at radius 3 is 2.42 bits per heavy atom. The molecule has 2 aromatic rings. The Kier molecular flexibility index (Phi) is 7.72. The zero-order valence-electron chi connectivity index (χ0n) is 21.9. The van der Waals surface area contributed by atoms with Gasteiger partial charge in [0, 0.05) is 26.7 Å². The first-order chi connectivity index (χ1) is 18.0. The molecule has 0 aromatic heterocycles. The van der Waals surface area contributed by atoms with Crippen molar-refractivity contribution in [2.24, 2.45) is 5.41 Å². The highest BCUT2D eigenvalue weighted by Crippen LogP contribution is 2.49. The van der Waals surface area contributed by atoms with Crippen LogP contribution in [0.5, 0.6) is 0 Å². The minimum absolute atomic E-state index is 0.0317. The third-order valence-corrected chi connectivity index (χ3v) is 7.82. The van der Waals surface area contributed by atoms with Crippen LogP contribution in [0.25, 0.3) is 0 Å². The second-order valence-corrected chi connectivity index (χ2v) is 10.4. The maximum absolute atomic E-state index is 13.9. The highest BCUT2D eigenvalue weighted by atomic mass is 19.4. The van der Waals surface area contributed by atoms with Gasteiger partial charge in [-0.25, -0.2) is 4.79 Å². The normalized spacial score (nSPS) is 20.7. The van der Waals surface area contributed by atoms with Crippen LogP contribution in [-0.4, -0.2) is 52.8 Å². The van der Waals surface area contributed by atoms with Crippen molar-refractivity contribution in [3.63, 3.8) is 0 Å². The van der Waals surface area contributed by atoms with Gasteiger partial charge in [0.1, 0.15) is 0 Å². The molecule has 2 atom stereocenters. The third-order valence-electron chi connectivity index (χ3n) is 7.82. The van der Waals surface area contributed by atoms with E-state index < -0.39 is 17.2 Å². The first-order valence-corrected chi connectivity index (χ1v) is 12.8. The fraction of sp³-hybridized carbons (Fsp3) is 0.400. The van der Waals surface area contributed by atoms with Crippen LogP contribution in [0.3, 0.4) is 0 Å². The largest absolute Gasteiger partial charge is 0.416 e. The summed E-state index contributed by atoms with van der Waals surface area (Å²) in [5.74, 6) is 0.0605. The zero-order chi connectivity index (χ0) is 27.7. The molecule has 0 aliphatic carbocycles. The number of amides is 3. The second-order valence-electron chi connectivity index (χ2n) is 10.4. The molecule has 8 heteroatoms. The summed E-state index contributed by atoms with van der Waals surface area (Å²) < 4.78 is 39.7. The summed E-state index contributed by atoms with van der Waals surface area (Å²) in [6, 6.07) is 12.0. The summed E-state index contributed by atoms with van der Waals surface area (Å²) in [6.45, 7) is 10.5. The molecule has 2 aliphatic rings. The Balaban J connectivity index is 1.67. The molecular formula is C30H34F3N3O2. The number of carbonyl (C=O) groups is 2. The second kappa shape index (κ2) is 10.7. The van der Waals surface area contributed by atoms with E-state index >= 15 is 0 Å². The lowest BCUT2D eigenvalue weighted by Gasteiger charge is -2.46. The molecule has 2 aromatic carbocycles. The van der Waals surface area contributed by atoms with Crippen molar-refractivity contribution in [1.82, 2.24) is 14.7 Å². The van der Waals surface area contributed by atoms with Crippen LogP contribution in [0.1, 0.15) is 47.6 Å². The molecule has 2 fully saturated rings. The predicted octanol–water partition coefficient (Wildman–Crippen LogP) is 6.36. The van der Waals surface area contributed by atoms with Gasteiger partial charge in [-0.05, 0) is 55.0 Å². The van der Waals surface area contributed by atoms with Crippen LogP contribution < -0.4 is 0 Å². The highest BCUT2D eigenvalue weighted by Gasteiger charge is 2.56. The van der Waals surface area contributed by atoms with Crippen LogP contribution >= 0.6 is 0 Å². The number of benzene rings is 2. The van der Waals surface area contributed by atoms with Crippen molar-refractivity contribution in [1.29, 1.82) is 0 Å². The molecule has 0 bridgehead atoms. The molecule has 202 valence electrons. The quantitative estimate of drug-likeness (QED) is 0.395. The molecule has 3 amide bonds. The van der Waals surface area contributed by atoms with Crippen LogP contribution in [0.15, 0.2) is 73.8 Å². The predicted molar refractivity (Wildman–Crippen MR) is 141 cm³/mol. The van der Waals surface area contributed by atoms with E-state index in [2.05, 4.69) is 13.2 Å². The first-order valence-electron chi connectivity index (χ1n) is 12.8. The van der Waals surface area contributed by atoms with Gasteiger partial charge in [0.05, 0.1) is 23.1 Å². The SMILES string of the molecule is C=CCC1(CC=C)C[C@H]2[C@H](c3ccccc3C)N(C(=O)N(C)Cc3cccc(C(F)(F)F)c3)CCN2C1=O. The average molecular weight is 526 g/mol. The number of carbonyl (C=O) groups excluding carboxylic acids is 2. The van der Waals surface area contributed by atoms with Crippen molar-refractivity contribution in [3.8, 4) is 0 Å². The van der Waals surface area contributed by atoms with Crippen LogP contribution in [-0.2, 0) is 17.5 Å². The van der Waals surface area contributed by atoms with E-state index in [0.717, 1.165) is 23.3 Å². The number of alkyl halides is 3. The number of piperazine rings is 1. The van der Waals surface area contributed by atoms with Crippen molar-refractivity contribution in [2.45, 2.75) is 51.0 Å². The van der Waals surface area contributed by atoms with Gasteiger partial charge in [-0.1, -0.05) is 48.6 Å². The lowest BCUT2D eigenvalue weighted by atomic mass is 9.76. The van der Waals surface area contributed by atoms with E-state index in [9.17, 15) is 22.8 Å². The number of fused-ring (bicyclic) bond motifs is 1. The standard InChI is InChI=1S/C30H34F3N3O2/c1-5-14-29(15-6-2)19-25-26(24-13-8-7-10-21(24)3)36(17-16-35(25)27(29)37)28(38)34(4)20-22-11-9-12-23(18-22)30(31,32)33/h5-13,18,25-26H,1-2,14-17,19-20H2,3-4H3/t25-,26-/m0/s1. The number of allylic oxidation sites excluding steroid dienone is 2. The van der Waals surface area contributed by atoms with E-state index in [4.69, 9.17) is 0 Å². The number of urea groups is 1. The van der Waals surface area contributed by atoms with Crippen molar-refractivity contribution >= 4 is 11.9 Å². The molecule has 0 unspecified atom stereocenters. The van der Waals surface area contributed by atoms with Gasteiger partial charge >= 0.3 is 12.2 Å². The fourth-order valence-electron chi connectivity index (χ4n) is 6.06. The van der Waals surface area contributed by atoms with E-state index in [0.29, 0.717) is 37.9 Å². The fourth-order valence-corrected chi connectivity index (χ4v) is 6.06. The Bertz CT molecular complexity index is 1220. The van der Waals surface area contributed by atoms with E-state index in [-0.39, 0.29) is 30.6 Å². The van der Waals surface area contributed by atoms with Crippen LogP contribution in [0, 0.1) is 12.3 Å². The number of halogens is 3. The van der Waals surface area contributed by atoms with E-state index in [1.165, 1.54) is 11.0 Å². The molecular weight excluding hydrogens is 491 g/mol. The highest BCUT2D eigenvalue weighted by molar-refractivity contribution is 5.87. The summed E-state index contributed by atoms with van der Waals surface area (Å²) in [5, 5.41) is 0. The van der Waals surface area contributed by atoms with Crippen LogP contribution in [0.2, 0.25) is 0 Å².